The summed E-state index contributed by atoms with van der Waals surface area (Å²) in [6.07, 6.45) is 13.3. The van der Waals surface area contributed by atoms with E-state index in [1.54, 1.807) is 6.08 Å². The highest BCUT2D eigenvalue weighted by atomic mass is 16.3. The standard InChI is InChI=1S/C33H46N2O4/c1-28(2)12-14-33(27(39)35(20-34)16-17-36)15-13-32(7)26(21(33)19-28)22(37)18-24-30(5)10-9-25(38)29(3,4)23(30)8-11-31(24,32)6/h9-10,18,21,23,26,36H,8,11-17,19H2,1-7H3/t21-,23-,26-,30-,31+,32+,33-/m0/s1. The van der Waals surface area contributed by atoms with Crippen LogP contribution in [0.25, 0.3) is 0 Å². The molecular formula is C33H46N2O4. The molecule has 1 amide bonds. The largest absolute Gasteiger partial charge is 0.394 e. The summed E-state index contributed by atoms with van der Waals surface area (Å²) >= 11 is 0. The number of aliphatic hydroxyl groups excluding tert-OH is 1. The molecule has 0 aliphatic heterocycles. The van der Waals surface area contributed by atoms with Gasteiger partial charge in [-0.15, -0.1) is 0 Å². The third kappa shape index (κ3) is 3.57. The summed E-state index contributed by atoms with van der Waals surface area (Å²) in [7, 11) is 0. The van der Waals surface area contributed by atoms with Gasteiger partial charge in [0.15, 0.2) is 17.8 Å². The quantitative estimate of drug-likeness (QED) is 0.375. The zero-order valence-corrected chi connectivity index (χ0v) is 24.9. The van der Waals surface area contributed by atoms with E-state index in [0.29, 0.717) is 12.8 Å². The Labute approximate surface area is 233 Å². The van der Waals surface area contributed by atoms with E-state index in [4.69, 9.17) is 0 Å². The smallest absolute Gasteiger partial charge is 0.242 e. The molecule has 0 unspecified atom stereocenters. The average molecular weight is 535 g/mol. The number of allylic oxidation sites excluding steroid dienone is 4. The van der Waals surface area contributed by atoms with Crippen molar-refractivity contribution in [1.82, 2.24) is 4.90 Å². The fourth-order valence-electron chi connectivity index (χ4n) is 10.3. The molecular weight excluding hydrogens is 488 g/mol. The zero-order valence-electron chi connectivity index (χ0n) is 24.9. The van der Waals surface area contributed by atoms with Crippen LogP contribution >= 0.6 is 0 Å². The van der Waals surface area contributed by atoms with Crippen LogP contribution in [0.4, 0.5) is 0 Å². The van der Waals surface area contributed by atoms with E-state index in [2.05, 4.69) is 54.5 Å². The number of amides is 1. The van der Waals surface area contributed by atoms with Gasteiger partial charge >= 0.3 is 0 Å². The Bertz CT molecular complexity index is 1220. The van der Waals surface area contributed by atoms with Crippen LogP contribution in [-0.2, 0) is 14.4 Å². The van der Waals surface area contributed by atoms with E-state index in [9.17, 15) is 24.8 Å². The zero-order chi connectivity index (χ0) is 28.8. The van der Waals surface area contributed by atoms with Crippen molar-refractivity contribution in [3.8, 4) is 6.19 Å². The van der Waals surface area contributed by atoms with Crippen LogP contribution in [0.15, 0.2) is 23.8 Å². The van der Waals surface area contributed by atoms with Crippen molar-refractivity contribution in [1.29, 1.82) is 5.26 Å². The second kappa shape index (κ2) is 8.62. The molecule has 212 valence electrons. The van der Waals surface area contributed by atoms with E-state index >= 15 is 0 Å². The lowest BCUT2D eigenvalue weighted by Gasteiger charge is -2.69. The predicted octanol–water partition coefficient (Wildman–Crippen LogP) is 5.61. The van der Waals surface area contributed by atoms with Crippen molar-refractivity contribution in [2.24, 2.45) is 50.2 Å². The Kier molecular flexibility index (Phi) is 6.25. The molecule has 0 radical (unpaired) electrons. The normalized spacial score (nSPS) is 43.7. The molecule has 6 nitrogen and oxygen atoms in total. The lowest BCUT2D eigenvalue weighted by atomic mass is 9.34. The fourth-order valence-corrected chi connectivity index (χ4v) is 10.3. The van der Waals surface area contributed by atoms with E-state index < -0.39 is 10.8 Å². The second-order valence-electron chi connectivity index (χ2n) is 15.4. The van der Waals surface area contributed by atoms with E-state index in [1.165, 1.54) is 5.57 Å². The number of hydrogen-bond acceptors (Lipinski definition) is 5. The third-order valence-corrected chi connectivity index (χ3v) is 12.8. The molecule has 5 aliphatic carbocycles. The third-order valence-electron chi connectivity index (χ3n) is 12.8. The van der Waals surface area contributed by atoms with Gasteiger partial charge in [0.2, 0.25) is 5.91 Å². The fraction of sp³-hybridized carbons (Fsp3) is 0.758. The first kappa shape index (κ1) is 28.3. The first-order valence-corrected chi connectivity index (χ1v) is 14.9. The number of rotatable bonds is 3. The molecule has 39 heavy (non-hydrogen) atoms. The summed E-state index contributed by atoms with van der Waals surface area (Å²) in [6.45, 7) is 15.2. The molecule has 0 heterocycles. The number of nitriles is 1. The highest BCUT2D eigenvalue weighted by Gasteiger charge is 2.70. The molecule has 5 rings (SSSR count). The van der Waals surface area contributed by atoms with Crippen LogP contribution < -0.4 is 0 Å². The van der Waals surface area contributed by atoms with E-state index in [0.717, 1.165) is 37.0 Å². The summed E-state index contributed by atoms with van der Waals surface area (Å²) < 4.78 is 0. The molecule has 1 N–H and O–H groups in total. The maximum Gasteiger partial charge on any atom is 0.242 e. The predicted molar refractivity (Wildman–Crippen MR) is 149 cm³/mol. The van der Waals surface area contributed by atoms with E-state index in [1.807, 2.05) is 12.3 Å². The average Bonchev–Trinajstić information content (AvgIpc) is 2.86. The second-order valence-corrected chi connectivity index (χ2v) is 15.4. The Balaban J connectivity index is 1.66. The number of hydrogen-bond donors (Lipinski definition) is 1. The van der Waals surface area contributed by atoms with Crippen molar-refractivity contribution in [2.45, 2.75) is 93.4 Å². The monoisotopic (exact) mass is 534 g/mol. The van der Waals surface area contributed by atoms with Gasteiger partial charge in [-0.2, -0.15) is 5.26 Å². The number of ketones is 2. The van der Waals surface area contributed by atoms with Crippen molar-refractivity contribution >= 4 is 17.5 Å². The highest BCUT2D eigenvalue weighted by molar-refractivity contribution is 5.98. The van der Waals surface area contributed by atoms with Gasteiger partial charge in [0.25, 0.3) is 0 Å². The molecule has 0 aromatic carbocycles. The summed E-state index contributed by atoms with van der Waals surface area (Å²) in [5.41, 5.74) is -1.04. The molecule has 0 bridgehead atoms. The summed E-state index contributed by atoms with van der Waals surface area (Å²) in [5, 5.41) is 19.4. The summed E-state index contributed by atoms with van der Waals surface area (Å²) in [6, 6.07) is 0. The Hall–Kier alpha value is -2.26. The van der Waals surface area contributed by atoms with Crippen LogP contribution in [0, 0.1) is 61.7 Å². The van der Waals surface area contributed by atoms with Crippen molar-refractivity contribution in [3.63, 3.8) is 0 Å². The van der Waals surface area contributed by atoms with Crippen LogP contribution in [0.2, 0.25) is 0 Å². The molecule has 7 atom stereocenters. The number of nitrogens with zero attached hydrogens (tertiary/aromatic N) is 2. The Morgan fingerprint density at radius 1 is 1.05 bits per heavy atom. The molecule has 0 spiro atoms. The Morgan fingerprint density at radius 3 is 2.36 bits per heavy atom. The molecule has 3 fully saturated rings. The highest BCUT2D eigenvalue weighted by Crippen LogP contribution is 2.74. The number of aliphatic hydroxyl groups is 1. The van der Waals surface area contributed by atoms with Gasteiger partial charge in [0.1, 0.15) is 0 Å². The van der Waals surface area contributed by atoms with Crippen LogP contribution in [-0.4, -0.2) is 40.6 Å². The molecule has 0 saturated heterocycles. The van der Waals surface area contributed by atoms with Gasteiger partial charge in [0, 0.05) is 16.7 Å². The van der Waals surface area contributed by atoms with Gasteiger partial charge in [-0.1, -0.05) is 60.1 Å². The van der Waals surface area contributed by atoms with Crippen LogP contribution in [0.3, 0.4) is 0 Å². The minimum absolute atomic E-state index is 0.00748. The number of carbonyl (C=O) groups is 3. The van der Waals surface area contributed by atoms with Crippen LogP contribution in [0.1, 0.15) is 93.4 Å². The minimum atomic E-state index is -0.762. The first-order chi connectivity index (χ1) is 18.0. The lowest BCUT2D eigenvalue weighted by Crippen LogP contribution is -2.66. The summed E-state index contributed by atoms with van der Waals surface area (Å²) in [4.78, 5) is 42.6. The number of fused-ring (bicyclic) bond motifs is 7. The molecule has 0 aromatic rings. The van der Waals surface area contributed by atoms with Gasteiger partial charge in [-0.05, 0) is 85.2 Å². The van der Waals surface area contributed by atoms with Crippen molar-refractivity contribution < 1.29 is 19.5 Å². The minimum Gasteiger partial charge on any atom is -0.394 e. The van der Waals surface area contributed by atoms with Gasteiger partial charge in [-0.3, -0.25) is 14.4 Å². The maximum absolute atomic E-state index is 14.5. The van der Waals surface area contributed by atoms with Gasteiger partial charge in [-0.25, -0.2) is 4.90 Å². The topological polar surface area (TPSA) is 98.5 Å². The summed E-state index contributed by atoms with van der Waals surface area (Å²) in [5.74, 6) is -0.262. The molecule has 0 aromatic heterocycles. The lowest BCUT2D eigenvalue weighted by molar-refractivity contribution is -0.182. The first-order valence-electron chi connectivity index (χ1n) is 14.9. The van der Waals surface area contributed by atoms with Crippen molar-refractivity contribution in [3.05, 3.63) is 23.8 Å². The maximum atomic E-state index is 14.5. The SMILES string of the molecule is CC1(C)CC[C@]2(C(=O)N(C#N)CCO)CC[C@]3(C)[C@H](C(=O)C=C4[C@@]5(C)C=CC(=O)C(C)(C)[C@@H]5CC[C@]43C)[C@@H]2C1. The van der Waals surface area contributed by atoms with Crippen molar-refractivity contribution in [2.75, 3.05) is 13.2 Å². The van der Waals surface area contributed by atoms with Crippen LogP contribution in [0.5, 0.6) is 0 Å². The Morgan fingerprint density at radius 2 is 1.72 bits per heavy atom. The number of carbonyl (C=O) groups excluding carboxylic acids is 3. The molecule has 6 heteroatoms. The molecule has 3 saturated carbocycles. The van der Waals surface area contributed by atoms with Gasteiger partial charge < -0.3 is 5.11 Å². The van der Waals surface area contributed by atoms with Gasteiger partial charge in [0.05, 0.1) is 18.6 Å². The van der Waals surface area contributed by atoms with E-state index in [-0.39, 0.29) is 70.0 Å². The molecule has 5 aliphatic rings.